The molecule has 2 rings (SSSR count). The van der Waals surface area contributed by atoms with Gasteiger partial charge in [-0.15, -0.1) is 0 Å². The van der Waals surface area contributed by atoms with Crippen LogP contribution < -0.4 is 0 Å². The standard InChI is InChI=1S/C22H36N2/c1-7-9-11-14-18(4)20-21(19-15-12-10-13-16-19)24(6)22(23(20)5)17(3)8-2/h10,12-13,15-16,18,20-21H,7-9,11,14H2,1-6H3/b22-17-. The van der Waals surface area contributed by atoms with Crippen LogP contribution in [0.4, 0.5) is 0 Å². The number of likely N-dealkylation sites (N-methyl/N-ethyl adjacent to an activating group) is 2. The number of rotatable bonds is 7. The van der Waals surface area contributed by atoms with Crippen molar-refractivity contribution < 1.29 is 0 Å². The van der Waals surface area contributed by atoms with Gasteiger partial charge in [-0.05, 0) is 36.8 Å². The predicted octanol–water partition coefficient (Wildman–Crippen LogP) is 5.83. The second kappa shape index (κ2) is 8.60. The van der Waals surface area contributed by atoms with Crippen molar-refractivity contribution in [1.82, 2.24) is 9.80 Å². The van der Waals surface area contributed by atoms with Crippen LogP contribution in [0.15, 0.2) is 41.7 Å². The Bertz CT molecular complexity index is 534. The maximum absolute atomic E-state index is 2.56. The van der Waals surface area contributed by atoms with Crippen molar-refractivity contribution in [3.8, 4) is 0 Å². The molecule has 1 fully saturated rings. The molecular weight excluding hydrogens is 292 g/mol. The maximum Gasteiger partial charge on any atom is 0.103 e. The molecule has 24 heavy (non-hydrogen) atoms. The normalized spacial score (nSPS) is 24.4. The number of benzene rings is 1. The van der Waals surface area contributed by atoms with Crippen molar-refractivity contribution >= 4 is 0 Å². The Hall–Kier alpha value is -1.44. The minimum absolute atomic E-state index is 0.448. The Morgan fingerprint density at radius 1 is 1.04 bits per heavy atom. The lowest BCUT2D eigenvalue weighted by Crippen LogP contribution is -2.35. The quantitative estimate of drug-likeness (QED) is 0.581. The molecule has 0 amide bonds. The number of hydrogen-bond donors (Lipinski definition) is 0. The summed E-state index contributed by atoms with van der Waals surface area (Å²) < 4.78 is 0. The van der Waals surface area contributed by atoms with Gasteiger partial charge in [-0.3, -0.25) is 0 Å². The van der Waals surface area contributed by atoms with Crippen LogP contribution in [0.5, 0.6) is 0 Å². The highest BCUT2D eigenvalue weighted by Crippen LogP contribution is 2.43. The average molecular weight is 329 g/mol. The van der Waals surface area contributed by atoms with Gasteiger partial charge in [-0.2, -0.15) is 0 Å². The summed E-state index contributed by atoms with van der Waals surface area (Å²) in [6.07, 6.45) is 6.43. The van der Waals surface area contributed by atoms with Gasteiger partial charge >= 0.3 is 0 Å². The lowest BCUT2D eigenvalue weighted by molar-refractivity contribution is 0.219. The van der Waals surface area contributed by atoms with Crippen molar-refractivity contribution in [2.45, 2.75) is 71.9 Å². The molecule has 1 aromatic carbocycles. The fourth-order valence-electron chi connectivity index (χ4n) is 4.37. The van der Waals surface area contributed by atoms with Crippen LogP contribution in [-0.4, -0.2) is 29.9 Å². The molecular formula is C22H36N2. The molecule has 1 aromatic rings. The van der Waals surface area contributed by atoms with Crippen LogP contribution in [0.25, 0.3) is 0 Å². The first-order valence-electron chi connectivity index (χ1n) is 9.73. The highest BCUT2D eigenvalue weighted by atomic mass is 15.4. The predicted molar refractivity (Wildman–Crippen MR) is 105 cm³/mol. The van der Waals surface area contributed by atoms with Gasteiger partial charge in [0.2, 0.25) is 0 Å². The molecule has 2 nitrogen and oxygen atoms in total. The lowest BCUT2D eigenvalue weighted by Gasteiger charge is -2.31. The lowest BCUT2D eigenvalue weighted by atomic mass is 9.87. The molecule has 0 aromatic heterocycles. The minimum Gasteiger partial charge on any atom is -0.356 e. The van der Waals surface area contributed by atoms with Crippen molar-refractivity contribution in [2.75, 3.05) is 14.1 Å². The molecule has 0 spiro atoms. The summed E-state index contributed by atoms with van der Waals surface area (Å²) in [5.74, 6) is 2.12. The number of hydrogen-bond acceptors (Lipinski definition) is 2. The summed E-state index contributed by atoms with van der Waals surface area (Å²) in [4.78, 5) is 5.09. The molecule has 3 unspecified atom stereocenters. The van der Waals surface area contributed by atoms with Gasteiger partial charge in [0.25, 0.3) is 0 Å². The van der Waals surface area contributed by atoms with E-state index in [-0.39, 0.29) is 0 Å². The maximum atomic E-state index is 2.56. The van der Waals surface area contributed by atoms with E-state index in [2.05, 4.69) is 81.9 Å². The molecule has 2 heteroatoms. The van der Waals surface area contributed by atoms with E-state index in [1.807, 2.05) is 0 Å². The van der Waals surface area contributed by atoms with Gasteiger partial charge in [0.1, 0.15) is 5.82 Å². The molecule has 1 saturated heterocycles. The molecule has 0 bridgehead atoms. The Morgan fingerprint density at radius 3 is 2.29 bits per heavy atom. The van der Waals surface area contributed by atoms with Crippen molar-refractivity contribution in [2.24, 2.45) is 5.92 Å². The van der Waals surface area contributed by atoms with E-state index in [4.69, 9.17) is 0 Å². The smallest absolute Gasteiger partial charge is 0.103 e. The Labute approximate surface area is 149 Å². The van der Waals surface area contributed by atoms with E-state index in [0.29, 0.717) is 18.0 Å². The topological polar surface area (TPSA) is 6.48 Å². The van der Waals surface area contributed by atoms with E-state index in [1.54, 1.807) is 0 Å². The molecule has 0 aliphatic carbocycles. The summed E-state index contributed by atoms with van der Waals surface area (Å²) >= 11 is 0. The van der Waals surface area contributed by atoms with E-state index < -0.39 is 0 Å². The van der Waals surface area contributed by atoms with Crippen LogP contribution in [0, 0.1) is 5.92 Å². The first-order valence-corrected chi connectivity index (χ1v) is 9.73. The summed E-state index contributed by atoms with van der Waals surface area (Å²) in [6.45, 7) is 9.29. The van der Waals surface area contributed by atoms with Gasteiger partial charge in [0, 0.05) is 14.1 Å². The fraction of sp³-hybridized carbons (Fsp3) is 0.636. The van der Waals surface area contributed by atoms with Gasteiger partial charge < -0.3 is 9.80 Å². The number of nitrogens with zero attached hydrogens (tertiary/aromatic N) is 2. The Balaban J connectivity index is 2.36. The van der Waals surface area contributed by atoms with Crippen LogP contribution in [0.1, 0.15) is 71.4 Å². The van der Waals surface area contributed by atoms with Gasteiger partial charge in [-0.1, -0.05) is 70.4 Å². The zero-order valence-corrected chi connectivity index (χ0v) is 16.5. The summed E-state index contributed by atoms with van der Waals surface area (Å²) in [6, 6.07) is 12.1. The molecule has 1 aliphatic rings. The van der Waals surface area contributed by atoms with Crippen LogP contribution in [0.3, 0.4) is 0 Å². The highest BCUT2D eigenvalue weighted by molar-refractivity contribution is 5.28. The average Bonchev–Trinajstić information content (AvgIpc) is 2.86. The Morgan fingerprint density at radius 2 is 1.71 bits per heavy atom. The zero-order chi connectivity index (χ0) is 17.7. The first kappa shape index (κ1) is 18.9. The van der Waals surface area contributed by atoms with E-state index in [0.717, 1.165) is 6.42 Å². The third-order valence-electron chi connectivity index (χ3n) is 5.76. The van der Waals surface area contributed by atoms with E-state index in [1.165, 1.54) is 42.6 Å². The van der Waals surface area contributed by atoms with Gasteiger partial charge in [0.15, 0.2) is 0 Å². The molecule has 134 valence electrons. The van der Waals surface area contributed by atoms with Crippen LogP contribution in [-0.2, 0) is 0 Å². The summed E-state index contributed by atoms with van der Waals surface area (Å²) in [7, 11) is 4.58. The van der Waals surface area contributed by atoms with E-state index in [9.17, 15) is 0 Å². The second-order valence-corrected chi connectivity index (χ2v) is 7.50. The van der Waals surface area contributed by atoms with Crippen LogP contribution >= 0.6 is 0 Å². The summed E-state index contributed by atoms with van der Waals surface area (Å²) in [5.41, 5.74) is 2.93. The van der Waals surface area contributed by atoms with Crippen molar-refractivity contribution in [3.63, 3.8) is 0 Å². The Kier molecular flexibility index (Phi) is 6.77. The number of allylic oxidation sites excluding steroid dienone is 1. The van der Waals surface area contributed by atoms with Crippen molar-refractivity contribution in [1.29, 1.82) is 0 Å². The van der Waals surface area contributed by atoms with Crippen LogP contribution in [0.2, 0.25) is 0 Å². The molecule has 0 N–H and O–H groups in total. The molecule has 0 radical (unpaired) electrons. The zero-order valence-electron chi connectivity index (χ0n) is 16.5. The summed E-state index contributed by atoms with van der Waals surface area (Å²) in [5, 5.41) is 0. The highest BCUT2D eigenvalue weighted by Gasteiger charge is 2.42. The minimum atomic E-state index is 0.448. The fourth-order valence-corrected chi connectivity index (χ4v) is 4.37. The van der Waals surface area contributed by atoms with E-state index >= 15 is 0 Å². The first-order chi connectivity index (χ1) is 11.5. The number of unbranched alkanes of at least 4 members (excludes halogenated alkanes) is 2. The monoisotopic (exact) mass is 328 g/mol. The second-order valence-electron chi connectivity index (χ2n) is 7.50. The SMILES string of the molecule is CCCCCC(C)C1C(c2ccccc2)N(C)/C(=C(/C)CC)N1C. The van der Waals surface area contributed by atoms with Gasteiger partial charge in [0.05, 0.1) is 12.1 Å². The van der Waals surface area contributed by atoms with Gasteiger partial charge in [-0.25, -0.2) is 0 Å². The molecule has 0 saturated carbocycles. The molecule has 3 atom stereocenters. The molecule has 1 heterocycles. The third kappa shape index (κ3) is 3.79. The molecule has 1 aliphatic heterocycles. The largest absolute Gasteiger partial charge is 0.356 e. The van der Waals surface area contributed by atoms with Crippen molar-refractivity contribution in [3.05, 3.63) is 47.3 Å². The third-order valence-corrected chi connectivity index (χ3v) is 5.76.